The van der Waals surface area contributed by atoms with Crippen LogP contribution in [0.15, 0.2) is 0 Å². The number of aliphatic hydroxyl groups is 15. The van der Waals surface area contributed by atoms with Gasteiger partial charge >= 0.3 is 0 Å². The Morgan fingerprint density at radius 2 is 0.914 bits per heavy atom. The van der Waals surface area contributed by atoms with Crippen LogP contribution in [0, 0.1) is 0 Å². The molecule has 0 aromatic heterocycles. The normalized spacial score (nSPS) is 51.6. The molecule has 26 nitrogen and oxygen atoms in total. The van der Waals surface area contributed by atoms with E-state index in [9.17, 15) is 81.4 Å². The lowest BCUT2D eigenvalue weighted by molar-refractivity contribution is -0.390. The zero-order valence-corrected chi connectivity index (χ0v) is 31.1. The highest BCUT2D eigenvalue weighted by molar-refractivity contribution is 5.73. The van der Waals surface area contributed by atoms with Crippen molar-refractivity contribution < 1.29 is 124 Å². The van der Waals surface area contributed by atoms with Crippen molar-refractivity contribution in [1.82, 2.24) is 5.32 Å². The molecule has 0 aromatic carbocycles. The smallest absolute Gasteiger partial charge is 0.217 e. The molecule has 5 aliphatic heterocycles. The number of rotatable bonds is 13. The minimum atomic E-state index is -2.10. The number of nitrogens with one attached hydrogen (secondary N) is 1. The summed E-state index contributed by atoms with van der Waals surface area (Å²) in [6, 6.07) is -1.72. The first kappa shape index (κ1) is 47.6. The molecule has 0 aromatic rings. The second-order valence-corrected chi connectivity index (χ2v) is 14.7. The zero-order valence-electron chi connectivity index (χ0n) is 31.1. The summed E-state index contributed by atoms with van der Waals surface area (Å²) in [7, 11) is 0. The fourth-order valence-corrected chi connectivity index (χ4v) is 7.35. The second kappa shape index (κ2) is 20.1. The molecule has 58 heavy (non-hydrogen) atoms. The number of ether oxygens (including phenoxy) is 9. The number of hydrogen-bond acceptors (Lipinski definition) is 25. The predicted octanol–water partition coefficient (Wildman–Crippen LogP) is -10.8. The highest BCUT2D eigenvalue weighted by atomic mass is 16.8. The van der Waals surface area contributed by atoms with Crippen molar-refractivity contribution in [2.24, 2.45) is 0 Å². The van der Waals surface area contributed by atoms with Gasteiger partial charge in [-0.2, -0.15) is 0 Å². The molecule has 0 aliphatic carbocycles. The zero-order chi connectivity index (χ0) is 42.9. The molecule has 26 heteroatoms. The van der Waals surface area contributed by atoms with E-state index < -0.39 is 186 Å². The minimum Gasteiger partial charge on any atom is -0.394 e. The number of carbonyl (C=O) groups excluding carboxylic acids is 1. The lowest BCUT2D eigenvalue weighted by Gasteiger charge is -2.50. The second-order valence-electron chi connectivity index (χ2n) is 14.7. The molecule has 5 rings (SSSR count). The molecule has 25 atom stereocenters. The van der Waals surface area contributed by atoms with Gasteiger partial charge in [-0.1, -0.05) is 0 Å². The summed E-state index contributed by atoms with van der Waals surface area (Å²) in [5, 5.41) is 160. The maximum Gasteiger partial charge on any atom is 0.217 e. The largest absolute Gasteiger partial charge is 0.394 e. The molecule has 5 saturated heterocycles. The lowest BCUT2D eigenvalue weighted by Crippen LogP contribution is -2.70. The first-order valence-corrected chi connectivity index (χ1v) is 18.5. The van der Waals surface area contributed by atoms with Gasteiger partial charge in [-0.3, -0.25) is 4.79 Å². The summed E-state index contributed by atoms with van der Waals surface area (Å²) in [5.41, 5.74) is 0. The lowest BCUT2D eigenvalue weighted by atomic mass is 9.94. The average molecular weight is 854 g/mol. The van der Waals surface area contributed by atoms with E-state index in [1.807, 2.05) is 0 Å². The van der Waals surface area contributed by atoms with Gasteiger partial charge in [0.05, 0.1) is 32.5 Å². The first-order valence-electron chi connectivity index (χ1n) is 18.5. The van der Waals surface area contributed by atoms with Gasteiger partial charge in [-0.05, 0) is 6.92 Å². The topological polar surface area (TPSA) is 416 Å². The van der Waals surface area contributed by atoms with E-state index >= 15 is 0 Å². The molecule has 0 bridgehead atoms. The molecule has 5 heterocycles. The van der Waals surface area contributed by atoms with Crippen molar-refractivity contribution in [1.29, 1.82) is 0 Å². The molecule has 0 spiro atoms. The van der Waals surface area contributed by atoms with Crippen molar-refractivity contribution in [2.45, 2.75) is 167 Å². The molecule has 0 radical (unpaired) electrons. The summed E-state index contributed by atoms with van der Waals surface area (Å²) in [4.78, 5) is 12.6. The molecule has 0 saturated carbocycles. The summed E-state index contributed by atoms with van der Waals surface area (Å²) >= 11 is 0. The SMILES string of the molecule is CC(=O)N[C@H]1[C@H](O[C@H]2[C@@H](O)[C@@H](CO)O[C@@H](O[C@H]3[C@H](O)[C@@H](O)C(O)O[C@@H]3CO)[C@@H]2O)O[C@H](CO)[C@@H](O)[C@@H]1O[C@@H]1O[C@H](CO)[C@H](O)[C@H](O)[C@H]1O[C@H]1O[C@@H](C)[C@@H](O)[C@@H](O)[C@@H]1O. The molecule has 1 unspecified atom stereocenters. The van der Waals surface area contributed by atoms with Gasteiger partial charge in [0, 0.05) is 6.92 Å². The van der Waals surface area contributed by atoms with Crippen molar-refractivity contribution in [3.8, 4) is 0 Å². The van der Waals surface area contributed by atoms with Crippen LogP contribution in [-0.2, 0) is 47.4 Å². The summed E-state index contributed by atoms with van der Waals surface area (Å²) in [6.45, 7) is -1.34. The van der Waals surface area contributed by atoms with Gasteiger partial charge in [0.15, 0.2) is 31.5 Å². The van der Waals surface area contributed by atoms with Gasteiger partial charge in [-0.15, -0.1) is 0 Å². The monoisotopic (exact) mass is 853 g/mol. The Hall–Kier alpha value is -1.49. The fraction of sp³-hybridized carbons (Fsp3) is 0.969. The number of amides is 1. The van der Waals surface area contributed by atoms with E-state index in [-0.39, 0.29) is 0 Å². The Morgan fingerprint density at radius 1 is 0.448 bits per heavy atom. The quantitative estimate of drug-likeness (QED) is 0.0818. The predicted molar refractivity (Wildman–Crippen MR) is 177 cm³/mol. The van der Waals surface area contributed by atoms with Crippen LogP contribution in [0.1, 0.15) is 13.8 Å². The molecule has 5 fully saturated rings. The Balaban J connectivity index is 1.44. The van der Waals surface area contributed by atoms with Gasteiger partial charge in [0.25, 0.3) is 0 Å². The number of aliphatic hydroxyl groups excluding tert-OH is 15. The summed E-state index contributed by atoms with van der Waals surface area (Å²) in [5.74, 6) is -0.823. The molecule has 5 aliphatic rings. The van der Waals surface area contributed by atoms with Gasteiger partial charge < -0.3 is 125 Å². The number of carbonyl (C=O) groups is 1. The van der Waals surface area contributed by atoms with E-state index in [0.717, 1.165) is 6.92 Å². The van der Waals surface area contributed by atoms with Crippen LogP contribution < -0.4 is 5.32 Å². The summed E-state index contributed by atoms with van der Waals surface area (Å²) < 4.78 is 50.8. The van der Waals surface area contributed by atoms with E-state index in [1.54, 1.807) is 0 Å². The van der Waals surface area contributed by atoms with Gasteiger partial charge in [0.1, 0.15) is 116 Å². The minimum absolute atomic E-state index is 0.823. The Kier molecular flexibility index (Phi) is 16.5. The maximum absolute atomic E-state index is 12.6. The van der Waals surface area contributed by atoms with Crippen LogP contribution in [-0.4, -0.2) is 262 Å². The van der Waals surface area contributed by atoms with Crippen molar-refractivity contribution >= 4 is 5.91 Å². The van der Waals surface area contributed by atoms with Gasteiger partial charge in [0.2, 0.25) is 5.91 Å². The molecule has 338 valence electrons. The molecular weight excluding hydrogens is 798 g/mol. The number of hydrogen-bond donors (Lipinski definition) is 16. The Labute approximate surface area is 329 Å². The third-order valence-corrected chi connectivity index (χ3v) is 10.7. The van der Waals surface area contributed by atoms with Crippen LogP contribution in [0.4, 0.5) is 0 Å². The van der Waals surface area contributed by atoms with Crippen molar-refractivity contribution in [2.75, 3.05) is 26.4 Å². The highest BCUT2D eigenvalue weighted by Crippen LogP contribution is 2.36. The fourth-order valence-electron chi connectivity index (χ4n) is 7.35. The van der Waals surface area contributed by atoms with Crippen molar-refractivity contribution in [3.05, 3.63) is 0 Å². The van der Waals surface area contributed by atoms with Crippen LogP contribution >= 0.6 is 0 Å². The summed E-state index contributed by atoms with van der Waals surface area (Å²) in [6.07, 6.45) is -43.4. The highest BCUT2D eigenvalue weighted by Gasteiger charge is 2.57. The standard InChI is InChI=1S/C32H55NO25/c1-7-14(39)18(43)22(47)30(50-7)58-27-19(44)15(40)9(3-34)54-32(27)56-25-13(33-8(2)38)29(52-10(4-35)16(25)41)57-26-17(42)11(5-36)53-31(23(26)48)55-24-12(6-37)51-28(49)21(46)20(24)45/h7,9-32,34-37,39-49H,3-6H2,1-2H3,(H,33,38)/t7-,9+,10+,11+,12+,13+,14+,15-,16+,17-,18+,19-,20+,21+,22-,23+,24+,25+,26-,27+,28?,29-,30+,31-,32-/m0/s1. The molecule has 16 N–H and O–H groups in total. The van der Waals surface area contributed by atoms with E-state index in [2.05, 4.69) is 5.32 Å². The molecule has 1 amide bonds. The average Bonchev–Trinajstić information content (AvgIpc) is 3.19. The third-order valence-electron chi connectivity index (χ3n) is 10.7. The molecular formula is C32H55NO25. The van der Waals surface area contributed by atoms with Crippen LogP contribution in [0.3, 0.4) is 0 Å². The van der Waals surface area contributed by atoms with Gasteiger partial charge in [-0.25, -0.2) is 0 Å². The Bertz CT molecular complexity index is 1310. The first-order chi connectivity index (χ1) is 27.4. The van der Waals surface area contributed by atoms with Crippen LogP contribution in [0.25, 0.3) is 0 Å². The Morgan fingerprint density at radius 3 is 1.50 bits per heavy atom. The van der Waals surface area contributed by atoms with Crippen LogP contribution in [0.5, 0.6) is 0 Å². The van der Waals surface area contributed by atoms with E-state index in [1.165, 1.54) is 6.92 Å². The van der Waals surface area contributed by atoms with E-state index in [4.69, 9.17) is 42.6 Å². The third kappa shape index (κ3) is 9.75. The van der Waals surface area contributed by atoms with Crippen LogP contribution in [0.2, 0.25) is 0 Å². The van der Waals surface area contributed by atoms with E-state index in [0.29, 0.717) is 0 Å². The maximum atomic E-state index is 12.6. The van der Waals surface area contributed by atoms with Crippen molar-refractivity contribution in [3.63, 3.8) is 0 Å².